The predicted octanol–water partition coefficient (Wildman–Crippen LogP) is -0.469. The summed E-state index contributed by atoms with van der Waals surface area (Å²) in [5.41, 5.74) is 0.437. The Bertz CT molecular complexity index is 285. The van der Waals surface area contributed by atoms with Crippen LogP contribution in [0.4, 0.5) is 0 Å². The van der Waals surface area contributed by atoms with Crippen molar-refractivity contribution in [2.75, 3.05) is 33.2 Å². The molecule has 15 heavy (non-hydrogen) atoms. The smallest absolute Gasteiger partial charge is 0.225 e. The molecule has 1 N–H and O–H groups in total. The number of nitrogens with zero attached hydrogens (tertiary/aromatic N) is 2. The Kier molecular flexibility index (Phi) is 1.89. The van der Waals surface area contributed by atoms with Gasteiger partial charge < -0.3 is 14.9 Å². The summed E-state index contributed by atoms with van der Waals surface area (Å²) in [5, 5.41) is 9.16. The Labute approximate surface area is 89.8 Å². The first kappa shape index (κ1) is 9.60. The quantitative estimate of drug-likeness (QED) is 0.636. The van der Waals surface area contributed by atoms with Crippen LogP contribution in [-0.2, 0) is 4.79 Å². The lowest BCUT2D eigenvalue weighted by Crippen LogP contribution is -2.72. The number of hydrogen-bond donors (Lipinski definition) is 1. The van der Waals surface area contributed by atoms with E-state index in [4.69, 9.17) is 5.11 Å². The third-order valence-corrected chi connectivity index (χ3v) is 4.04. The maximum absolute atomic E-state index is 11.9. The van der Waals surface area contributed by atoms with Gasteiger partial charge in [-0.3, -0.25) is 4.79 Å². The summed E-state index contributed by atoms with van der Waals surface area (Å²) in [7, 11) is 2.12. The van der Waals surface area contributed by atoms with Crippen molar-refractivity contribution in [1.82, 2.24) is 9.80 Å². The second kappa shape index (κ2) is 2.95. The summed E-state index contributed by atoms with van der Waals surface area (Å²) < 4.78 is 0. The number of carbonyl (C=O) groups is 1. The first-order valence-electron chi connectivity index (χ1n) is 5.73. The Morgan fingerprint density at radius 1 is 1.27 bits per heavy atom. The van der Waals surface area contributed by atoms with E-state index in [2.05, 4.69) is 11.9 Å². The molecule has 4 nitrogen and oxygen atoms in total. The molecule has 0 radical (unpaired) electrons. The van der Waals surface area contributed by atoms with Gasteiger partial charge in [-0.2, -0.15) is 0 Å². The minimum absolute atomic E-state index is 0.121. The zero-order valence-corrected chi connectivity index (χ0v) is 9.15. The number of aliphatic hydroxyl groups excluding tert-OH is 1. The Morgan fingerprint density at radius 2 is 1.87 bits per heavy atom. The van der Waals surface area contributed by atoms with Crippen LogP contribution in [0.3, 0.4) is 0 Å². The number of likely N-dealkylation sites (tertiary alicyclic amines) is 2. The standard InChI is InChI=1S/C11H18N2O2/c1-12-4-11(5-12)6-13(7-11)10(15)8-2-9(14)3-8/h8-9,14H,2-7H2,1H3. The van der Waals surface area contributed by atoms with Crippen molar-refractivity contribution in [2.24, 2.45) is 11.3 Å². The highest BCUT2D eigenvalue weighted by Gasteiger charge is 2.53. The lowest BCUT2D eigenvalue weighted by Gasteiger charge is -2.60. The normalized spacial score (nSPS) is 38.1. The Hall–Kier alpha value is -0.610. The van der Waals surface area contributed by atoms with Gasteiger partial charge in [-0.15, -0.1) is 0 Å². The Balaban J connectivity index is 1.49. The summed E-state index contributed by atoms with van der Waals surface area (Å²) in [6.45, 7) is 4.18. The molecule has 0 bridgehead atoms. The number of aliphatic hydroxyl groups is 1. The van der Waals surface area contributed by atoms with Gasteiger partial charge in [0, 0.05) is 37.5 Å². The zero-order chi connectivity index (χ0) is 10.6. The van der Waals surface area contributed by atoms with Crippen molar-refractivity contribution in [2.45, 2.75) is 18.9 Å². The van der Waals surface area contributed by atoms with Gasteiger partial charge in [0.2, 0.25) is 5.91 Å². The molecule has 0 aromatic carbocycles. The molecule has 1 spiro atoms. The first-order valence-corrected chi connectivity index (χ1v) is 5.73. The minimum Gasteiger partial charge on any atom is -0.393 e. The van der Waals surface area contributed by atoms with E-state index in [0.717, 1.165) is 26.2 Å². The molecular formula is C11H18N2O2. The highest BCUT2D eigenvalue weighted by Crippen LogP contribution is 2.41. The van der Waals surface area contributed by atoms with E-state index in [-0.39, 0.29) is 17.9 Å². The molecule has 2 saturated heterocycles. The van der Waals surface area contributed by atoms with Crippen molar-refractivity contribution in [3.63, 3.8) is 0 Å². The lowest BCUT2D eigenvalue weighted by molar-refractivity contribution is -0.166. The van der Waals surface area contributed by atoms with E-state index >= 15 is 0 Å². The molecule has 0 atom stereocenters. The fraction of sp³-hybridized carbons (Fsp3) is 0.909. The van der Waals surface area contributed by atoms with E-state index in [1.807, 2.05) is 4.90 Å². The average molecular weight is 210 g/mol. The van der Waals surface area contributed by atoms with Gasteiger partial charge >= 0.3 is 0 Å². The van der Waals surface area contributed by atoms with Crippen LogP contribution >= 0.6 is 0 Å². The third-order valence-electron chi connectivity index (χ3n) is 4.04. The molecule has 1 amide bonds. The summed E-state index contributed by atoms with van der Waals surface area (Å²) in [6, 6.07) is 0. The van der Waals surface area contributed by atoms with Crippen molar-refractivity contribution >= 4 is 5.91 Å². The van der Waals surface area contributed by atoms with Crippen molar-refractivity contribution < 1.29 is 9.90 Å². The topological polar surface area (TPSA) is 43.8 Å². The second-order valence-electron chi connectivity index (χ2n) is 5.69. The van der Waals surface area contributed by atoms with Gasteiger partial charge in [0.05, 0.1) is 6.10 Å². The fourth-order valence-electron chi connectivity index (χ4n) is 3.27. The maximum atomic E-state index is 11.9. The zero-order valence-electron chi connectivity index (χ0n) is 9.15. The molecule has 84 valence electrons. The van der Waals surface area contributed by atoms with Gasteiger partial charge in [0.1, 0.15) is 0 Å². The molecule has 2 heterocycles. The minimum atomic E-state index is -0.218. The van der Waals surface area contributed by atoms with Gasteiger partial charge in [-0.05, 0) is 19.9 Å². The largest absolute Gasteiger partial charge is 0.393 e. The lowest BCUT2D eigenvalue weighted by atomic mass is 9.71. The molecule has 3 rings (SSSR count). The number of hydrogen-bond acceptors (Lipinski definition) is 3. The van der Waals surface area contributed by atoms with Gasteiger partial charge in [0.25, 0.3) is 0 Å². The molecule has 0 aromatic heterocycles. The van der Waals surface area contributed by atoms with E-state index in [9.17, 15) is 4.79 Å². The molecule has 3 fully saturated rings. The molecular weight excluding hydrogens is 192 g/mol. The van der Waals surface area contributed by atoms with Crippen LogP contribution < -0.4 is 0 Å². The van der Waals surface area contributed by atoms with E-state index in [0.29, 0.717) is 18.3 Å². The predicted molar refractivity (Wildman–Crippen MR) is 55.2 cm³/mol. The molecule has 0 unspecified atom stereocenters. The van der Waals surface area contributed by atoms with Crippen molar-refractivity contribution in [3.05, 3.63) is 0 Å². The fourth-order valence-corrected chi connectivity index (χ4v) is 3.27. The number of carbonyl (C=O) groups excluding carboxylic acids is 1. The van der Waals surface area contributed by atoms with Crippen LogP contribution in [0.25, 0.3) is 0 Å². The van der Waals surface area contributed by atoms with Crippen LogP contribution in [0.1, 0.15) is 12.8 Å². The summed E-state index contributed by atoms with van der Waals surface area (Å²) in [4.78, 5) is 16.1. The summed E-state index contributed by atoms with van der Waals surface area (Å²) in [6.07, 6.45) is 1.15. The number of rotatable bonds is 1. The van der Waals surface area contributed by atoms with Crippen LogP contribution in [0.2, 0.25) is 0 Å². The molecule has 1 saturated carbocycles. The van der Waals surface area contributed by atoms with Gasteiger partial charge in [-0.25, -0.2) is 0 Å². The monoisotopic (exact) mass is 210 g/mol. The maximum Gasteiger partial charge on any atom is 0.225 e. The molecule has 1 aliphatic carbocycles. The van der Waals surface area contributed by atoms with Crippen molar-refractivity contribution in [3.8, 4) is 0 Å². The van der Waals surface area contributed by atoms with Crippen LogP contribution in [0.5, 0.6) is 0 Å². The number of amides is 1. The summed E-state index contributed by atoms with van der Waals surface area (Å²) in [5.74, 6) is 0.399. The molecule has 2 aliphatic heterocycles. The first-order chi connectivity index (χ1) is 7.08. The van der Waals surface area contributed by atoms with Crippen LogP contribution in [0.15, 0.2) is 0 Å². The molecule has 3 aliphatic rings. The summed E-state index contributed by atoms with van der Waals surface area (Å²) >= 11 is 0. The molecule has 4 heteroatoms. The highest BCUT2D eigenvalue weighted by molar-refractivity contribution is 5.81. The highest BCUT2D eigenvalue weighted by atomic mass is 16.3. The van der Waals surface area contributed by atoms with Crippen molar-refractivity contribution in [1.29, 1.82) is 0 Å². The molecule has 0 aromatic rings. The van der Waals surface area contributed by atoms with Gasteiger partial charge in [0.15, 0.2) is 0 Å². The van der Waals surface area contributed by atoms with E-state index in [1.54, 1.807) is 0 Å². The van der Waals surface area contributed by atoms with Crippen LogP contribution in [0, 0.1) is 11.3 Å². The van der Waals surface area contributed by atoms with E-state index < -0.39 is 0 Å². The Morgan fingerprint density at radius 3 is 2.33 bits per heavy atom. The average Bonchev–Trinajstić information content (AvgIpc) is 2.02. The SMILES string of the molecule is CN1CC2(C1)CN(C(=O)C1CC(O)C1)C2. The second-order valence-corrected chi connectivity index (χ2v) is 5.69. The van der Waals surface area contributed by atoms with Gasteiger partial charge in [-0.1, -0.05) is 0 Å². The van der Waals surface area contributed by atoms with Crippen LogP contribution in [-0.4, -0.2) is 60.1 Å². The van der Waals surface area contributed by atoms with E-state index in [1.165, 1.54) is 0 Å². The third kappa shape index (κ3) is 1.39.